The molecule has 1 spiro atoms. The Balaban J connectivity index is 1.37. The van der Waals surface area contributed by atoms with Crippen molar-refractivity contribution in [2.45, 2.75) is 64.0 Å². The molecule has 11 heteroatoms. The van der Waals surface area contributed by atoms with Gasteiger partial charge in [0.1, 0.15) is 5.75 Å². The molecule has 0 radical (unpaired) electrons. The molecule has 0 bridgehead atoms. The van der Waals surface area contributed by atoms with Crippen molar-refractivity contribution >= 4 is 23.2 Å². The van der Waals surface area contributed by atoms with E-state index in [4.69, 9.17) is 9.47 Å². The zero-order valence-corrected chi connectivity index (χ0v) is 27.1. The van der Waals surface area contributed by atoms with Crippen molar-refractivity contribution in [3.63, 3.8) is 0 Å². The minimum absolute atomic E-state index is 0.0191. The molecule has 2 aliphatic heterocycles. The van der Waals surface area contributed by atoms with E-state index in [0.29, 0.717) is 59.9 Å². The number of amides is 2. The molecular weight excluding hydrogens is 598 g/mol. The average molecular weight is 640 g/mol. The van der Waals surface area contributed by atoms with Gasteiger partial charge in [0.25, 0.3) is 11.8 Å². The largest absolute Gasteiger partial charge is 0.497 e. The van der Waals surface area contributed by atoms with Crippen LogP contribution in [0.15, 0.2) is 79.0 Å². The summed E-state index contributed by atoms with van der Waals surface area (Å²) in [6, 6.07) is 22.1. The van der Waals surface area contributed by atoms with E-state index in [1.54, 1.807) is 67.1 Å². The first kappa shape index (κ1) is 32.4. The summed E-state index contributed by atoms with van der Waals surface area (Å²) in [7, 11) is 1.57. The Kier molecular flexibility index (Phi) is 8.88. The van der Waals surface area contributed by atoms with Gasteiger partial charge in [0.05, 0.1) is 36.7 Å². The van der Waals surface area contributed by atoms with Crippen molar-refractivity contribution in [2.75, 3.05) is 23.9 Å². The lowest BCUT2D eigenvalue weighted by Crippen LogP contribution is -2.46. The molecule has 11 nitrogen and oxygen atoms in total. The van der Waals surface area contributed by atoms with Crippen LogP contribution >= 0.6 is 0 Å². The predicted octanol–water partition coefficient (Wildman–Crippen LogP) is 4.33. The molecule has 4 aromatic rings. The van der Waals surface area contributed by atoms with Crippen LogP contribution < -0.4 is 15.0 Å². The first-order valence-electron chi connectivity index (χ1n) is 15.9. The van der Waals surface area contributed by atoms with Crippen molar-refractivity contribution in [1.29, 1.82) is 0 Å². The monoisotopic (exact) mass is 639 g/mol. The van der Waals surface area contributed by atoms with E-state index in [9.17, 15) is 19.8 Å². The third kappa shape index (κ3) is 6.14. The number of benzene rings is 3. The Labute approximate surface area is 274 Å². The Bertz CT molecular complexity index is 1730. The van der Waals surface area contributed by atoms with E-state index >= 15 is 0 Å². The van der Waals surface area contributed by atoms with Crippen molar-refractivity contribution in [1.82, 2.24) is 15.0 Å². The maximum atomic E-state index is 14.8. The van der Waals surface area contributed by atoms with Crippen LogP contribution in [0.4, 0.5) is 11.4 Å². The van der Waals surface area contributed by atoms with Crippen molar-refractivity contribution in [2.24, 2.45) is 11.8 Å². The number of hydrogen-bond donors (Lipinski definition) is 3. The number of aryl methyl sites for hydroxylation is 1. The minimum Gasteiger partial charge on any atom is -0.497 e. The summed E-state index contributed by atoms with van der Waals surface area (Å²) in [4.78, 5) is 29.7. The molecule has 3 aromatic carbocycles. The molecule has 1 saturated heterocycles. The Morgan fingerprint density at radius 2 is 1.85 bits per heavy atom. The fourth-order valence-corrected chi connectivity index (χ4v) is 7.23. The van der Waals surface area contributed by atoms with Crippen LogP contribution in [0, 0.1) is 11.8 Å². The van der Waals surface area contributed by atoms with Gasteiger partial charge in [-0.05, 0) is 68.3 Å². The summed E-state index contributed by atoms with van der Waals surface area (Å²) in [5.41, 5.74) is 1.42. The molecular formula is C36H41N5O6. The van der Waals surface area contributed by atoms with Crippen LogP contribution in [0.1, 0.15) is 54.4 Å². The van der Waals surface area contributed by atoms with E-state index in [1.165, 1.54) is 0 Å². The van der Waals surface area contributed by atoms with E-state index < -0.39 is 29.1 Å². The molecule has 246 valence electrons. The van der Waals surface area contributed by atoms with Crippen LogP contribution in [0.25, 0.3) is 0 Å². The van der Waals surface area contributed by atoms with Crippen LogP contribution in [0.2, 0.25) is 0 Å². The third-order valence-electron chi connectivity index (χ3n) is 9.37. The predicted molar refractivity (Wildman–Crippen MR) is 176 cm³/mol. The molecule has 4 atom stereocenters. The SMILES string of the molecule is COc1ccc(C(=O)Nc2ccc3c(c2)[C@]2(O[C@@H](CCn4cc(CCO)nn4)[C@H](C(C)(C)O)[C@H]2C)C(=O)N3Cc2ccccc2)cc1. The number of fused-ring (bicyclic) bond motifs is 2. The number of anilines is 2. The van der Waals surface area contributed by atoms with E-state index in [1.807, 2.05) is 49.4 Å². The summed E-state index contributed by atoms with van der Waals surface area (Å²) in [6.45, 7) is 6.25. The maximum absolute atomic E-state index is 14.8. The Morgan fingerprint density at radius 1 is 1.11 bits per heavy atom. The van der Waals surface area contributed by atoms with Gasteiger partial charge < -0.3 is 29.9 Å². The summed E-state index contributed by atoms with van der Waals surface area (Å²) < 4.78 is 13.9. The molecule has 2 amide bonds. The molecule has 3 heterocycles. The molecule has 0 aliphatic carbocycles. The van der Waals surface area contributed by atoms with E-state index in [-0.39, 0.29) is 18.4 Å². The molecule has 1 fully saturated rings. The van der Waals surface area contributed by atoms with E-state index in [0.717, 1.165) is 5.56 Å². The molecule has 0 unspecified atom stereocenters. The number of carbonyl (C=O) groups excluding carboxylic acids is 2. The first-order chi connectivity index (χ1) is 22.5. The molecule has 2 aliphatic rings. The number of carbonyl (C=O) groups is 2. The second-order valence-corrected chi connectivity index (χ2v) is 12.9. The molecule has 6 rings (SSSR count). The summed E-state index contributed by atoms with van der Waals surface area (Å²) in [6.07, 6.45) is 2.17. The zero-order valence-electron chi connectivity index (χ0n) is 27.1. The fraction of sp³-hybridized carbons (Fsp3) is 0.389. The smallest absolute Gasteiger partial charge is 0.264 e. The number of aromatic nitrogens is 3. The van der Waals surface area contributed by atoms with Crippen LogP contribution in [-0.2, 0) is 34.6 Å². The highest BCUT2D eigenvalue weighted by Gasteiger charge is 2.65. The summed E-state index contributed by atoms with van der Waals surface area (Å²) >= 11 is 0. The highest BCUT2D eigenvalue weighted by molar-refractivity contribution is 6.09. The number of nitrogens with zero attached hydrogens (tertiary/aromatic N) is 4. The lowest BCUT2D eigenvalue weighted by Gasteiger charge is -2.34. The van der Waals surface area contributed by atoms with Gasteiger partial charge >= 0.3 is 0 Å². The van der Waals surface area contributed by atoms with Crippen LogP contribution in [-0.4, -0.2) is 62.4 Å². The van der Waals surface area contributed by atoms with Gasteiger partial charge in [-0.25, -0.2) is 0 Å². The topological polar surface area (TPSA) is 139 Å². The lowest BCUT2D eigenvalue weighted by atomic mass is 9.71. The number of methoxy groups -OCH3 is 1. The van der Waals surface area contributed by atoms with Crippen LogP contribution in [0.3, 0.4) is 0 Å². The normalized spacial score (nSPS) is 22.1. The number of nitrogens with one attached hydrogen (secondary N) is 1. The highest BCUT2D eigenvalue weighted by atomic mass is 16.5. The van der Waals surface area contributed by atoms with Crippen molar-refractivity contribution in [3.8, 4) is 5.75 Å². The van der Waals surface area contributed by atoms with Gasteiger partial charge in [-0.1, -0.05) is 42.5 Å². The Hall–Kier alpha value is -4.58. The number of ether oxygens (including phenoxy) is 2. The first-order valence-corrected chi connectivity index (χ1v) is 15.9. The van der Waals surface area contributed by atoms with Crippen LogP contribution in [0.5, 0.6) is 5.75 Å². The van der Waals surface area contributed by atoms with Gasteiger partial charge in [0, 0.05) is 54.4 Å². The van der Waals surface area contributed by atoms with Gasteiger partial charge in [-0.2, -0.15) is 0 Å². The lowest BCUT2D eigenvalue weighted by molar-refractivity contribution is -0.146. The quantitative estimate of drug-likeness (QED) is 0.221. The van der Waals surface area contributed by atoms with Gasteiger partial charge in [-0.3, -0.25) is 14.3 Å². The van der Waals surface area contributed by atoms with E-state index in [2.05, 4.69) is 15.6 Å². The van der Waals surface area contributed by atoms with Crippen molar-refractivity contribution < 1.29 is 29.3 Å². The minimum atomic E-state index is -1.40. The standard InChI is InChI=1S/C36H41N5O6/c1-23-32(35(2,3)45)31(16-18-40-22-27(17-19-42)38-39-40)47-36(23)29-20-26(37-33(43)25-10-13-28(46-4)14-11-25)12-15-30(29)41(34(36)44)21-24-8-6-5-7-9-24/h5-15,20,22-23,31-32,42,45H,16-19,21H2,1-4H3,(H,37,43)/t23-,31+,32-,36+/m1/s1. The van der Waals surface area contributed by atoms with Gasteiger partial charge in [0.2, 0.25) is 0 Å². The maximum Gasteiger partial charge on any atom is 0.264 e. The van der Waals surface area contributed by atoms with Gasteiger partial charge in [0.15, 0.2) is 5.60 Å². The number of rotatable bonds is 11. The van der Waals surface area contributed by atoms with Gasteiger partial charge in [-0.15, -0.1) is 5.10 Å². The highest BCUT2D eigenvalue weighted by Crippen LogP contribution is 2.58. The third-order valence-corrected chi connectivity index (χ3v) is 9.37. The number of aliphatic hydroxyl groups is 2. The molecule has 1 aromatic heterocycles. The summed E-state index contributed by atoms with van der Waals surface area (Å²) in [5, 5.41) is 32.1. The second-order valence-electron chi connectivity index (χ2n) is 12.9. The Morgan fingerprint density at radius 3 is 2.53 bits per heavy atom. The fourth-order valence-electron chi connectivity index (χ4n) is 7.23. The second kappa shape index (κ2) is 12.9. The molecule has 0 saturated carbocycles. The molecule has 47 heavy (non-hydrogen) atoms. The molecule has 3 N–H and O–H groups in total. The number of aliphatic hydroxyl groups excluding tert-OH is 1. The number of hydrogen-bond acceptors (Lipinski definition) is 8. The zero-order chi connectivity index (χ0) is 33.3. The summed E-state index contributed by atoms with van der Waals surface area (Å²) in [5.74, 6) is -0.684. The average Bonchev–Trinajstić information content (AvgIpc) is 3.70. The van der Waals surface area contributed by atoms with Crippen molar-refractivity contribution in [3.05, 3.63) is 101 Å².